The third kappa shape index (κ3) is 2.57. The van der Waals surface area contributed by atoms with E-state index >= 15 is 0 Å². The maximum atomic E-state index is 13.0. The Morgan fingerprint density at radius 3 is 2.83 bits per heavy atom. The maximum Gasteiger partial charge on any atom is 0.258 e. The summed E-state index contributed by atoms with van der Waals surface area (Å²) in [5.74, 6) is -1.40. The number of carbonyl (C=O) groups is 1. The van der Waals surface area contributed by atoms with Crippen molar-refractivity contribution in [3.8, 4) is 5.75 Å². The van der Waals surface area contributed by atoms with Gasteiger partial charge in [0, 0.05) is 0 Å². The number of hydrogen-bond donors (Lipinski definition) is 2. The van der Waals surface area contributed by atoms with Crippen LogP contribution in [-0.2, 0) is 0 Å². The van der Waals surface area contributed by atoms with E-state index in [1.54, 1.807) is 12.1 Å². The number of aromatic hydroxyl groups is 1. The summed E-state index contributed by atoms with van der Waals surface area (Å²) in [4.78, 5) is 15.4. The van der Waals surface area contributed by atoms with Crippen molar-refractivity contribution in [2.75, 3.05) is 5.32 Å². The zero-order chi connectivity index (χ0) is 13.1. The lowest BCUT2D eigenvalue weighted by Gasteiger charge is -2.07. The number of anilines is 1. The largest absolute Gasteiger partial charge is 0.506 e. The van der Waals surface area contributed by atoms with Crippen molar-refractivity contribution in [1.29, 1.82) is 0 Å². The Labute approximate surface area is 107 Å². The number of carbonyl (C=O) groups excluding carboxylic acids is 1. The number of rotatable bonds is 2. The normalized spacial score (nSPS) is 10.1. The van der Waals surface area contributed by atoms with Gasteiger partial charge in [-0.3, -0.25) is 4.79 Å². The number of nitrogens with zero attached hydrogens (tertiary/aromatic N) is 1. The molecule has 0 aliphatic heterocycles. The highest BCUT2D eigenvalue weighted by atomic mass is 35.5. The van der Waals surface area contributed by atoms with Crippen molar-refractivity contribution in [1.82, 2.24) is 4.98 Å². The van der Waals surface area contributed by atoms with Gasteiger partial charge in [0.1, 0.15) is 16.7 Å². The second kappa shape index (κ2) is 5.01. The lowest BCUT2D eigenvalue weighted by molar-refractivity contribution is 0.102. The van der Waals surface area contributed by atoms with Gasteiger partial charge in [0.15, 0.2) is 0 Å². The minimum atomic E-state index is -0.665. The summed E-state index contributed by atoms with van der Waals surface area (Å²) in [6.07, 6.45) is 0.916. The lowest BCUT2D eigenvalue weighted by Crippen LogP contribution is -2.13. The average Bonchev–Trinajstić information content (AvgIpc) is 2.35. The molecule has 0 aliphatic rings. The van der Waals surface area contributed by atoms with Crippen LogP contribution in [0, 0.1) is 5.82 Å². The molecule has 4 nitrogen and oxygen atoms in total. The van der Waals surface area contributed by atoms with Gasteiger partial charge in [0.25, 0.3) is 5.91 Å². The molecule has 0 atom stereocenters. The van der Waals surface area contributed by atoms with E-state index in [1.165, 1.54) is 12.1 Å². The van der Waals surface area contributed by atoms with Crippen molar-refractivity contribution < 1.29 is 14.3 Å². The summed E-state index contributed by atoms with van der Waals surface area (Å²) in [6.45, 7) is 0. The fourth-order valence-electron chi connectivity index (χ4n) is 1.35. The minimum absolute atomic E-state index is 0.0914. The second-order valence-corrected chi connectivity index (χ2v) is 3.82. The fourth-order valence-corrected chi connectivity index (χ4v) is 1.54. The standard InChI is InChI=1S/C12H8ClFN2O2/c13-11-8(5-7(14)6-15-11)12(18)16-9-3-1-2-4-10(9)17/h1-6,17H,(H,16,18). The molecule has 0 bridgehead atoms. The first-order valence-corrected chi connectivity index (χ1v) is 5.36. The lowest BCUT2D eigenvalue weighted by atomic mass is 10.2. The zero-order valence-electron chi connectivity index (χ0n) is 9.02. The topological polar surface area (TPSA) is 62.2 Å². The van der Waals surface area contributed by atoms with E-state index in [-0.39, 0.29) is 22.2 Å². The number of aromatic nitrogens is 1. The first-order chi connectivity index (χ1) is 8.58. The highest BCUT2D eigenvalue weighted by molar-refractivity contribution is 6.33. The quantitative estimate of drug-likeness (QED) is 0.649. The smallest absolute Gasteiger partial charge is 0.258 e. The first kappa shape index (κ1) is 12.3. The van der Waals surface area contributed by atoms with Crippen molar-refractivity contribution in [2.45, 2.75) is 0 Å². The summed E-state index contributed by atoms with van der Waals surface area (Å²) in [6, 6.07) is 7.15. The molecule has 1 aromatic heterocycles. The Morgan fingerprint density at radius 1 is 1.39 bits per heavy atom. The number of pyridine rings is 1. The van der Waals surface area contributed by atoms with Crippen LogP contribution in [0.2, 0.25) is 5.15 Å². The molecule has 2 aromatic rings. The van der Waals surface area contributed by atoms with Crippen LogP contribution >= 0.6 is 11.6 Å². The van der Waals surface area contributed by atoms with Crippen molar-refractivity contribution >= 4 is 23.2 Å². The summed E-state index contributed by atoms with van der Waals surface area (Å²) in [5.41, 5.74) is 0.114. The SMILES string of the molecule is O=C(Nc1ccccc1O)c1cc(F)cnc1Cl. The molecule has 2 rings (SSSR count). The van der Waals surface area contributed by atoms with E-state index in [1.807, 2.05) is 0 Å². The molecular weight excluding hydrogens is 259 g/mol. The number of halogens is 2. The summed E-state index contributed by atoms with van der Waals surface area (Å²) >= 11 is 5.70. The van der Waals surface area contributed by atoms with E-state index in [4.69, 9.17) is 11.6 Å². The highest BCUT2D eigenvalue weighted by Gasteiger charge is 2.14. The van der Waals surface area contributed by atoms with Crippen LogP contribution in [0.15, 0.2) is 36.5 Å². The summed E-state index contributed by atoms with van der Waals surface area (Å²) in [5, 5.41) is 11.8. The molecule has 1 heterocycles. The van der Waals surface area contributed by atoms with E-state index in [0.717, 1.165) is 12.3 Å². The zero-order valence-corrected chi connectivity index (χ0v) is 9.78. The fraction of sp³-hybridized carbons (Fsp3) is 0. The molecule has 1 aromatic carbocycles. The Kier molecular flexibility index (Phi) is 3.43. The molecule has 2 N–H and O–H groups in total. The van der Waals surface area contributed by atoms with Gasteiger partial charge in [0.2, 0.25) is 0 Å². The van der Waals surface area contributed by atoms with Gasteiger partial charge in [-0.2, -0.15) is 0 Å². The van der Waals surface area contributed by atoms with E-state index in [0.29, 0.717) is 0 Å². The van der Waals surface area contributed by atoms with Crippen LogP contribution in [0.25, 0.3) is 0 Å². The number of phenols is 1. The first-order valence-electron chi connectivity index (χ1n) is 4.98. The summed E-state index contributed by atoms with van der Waals surface area (Å²) in [7, 11) is 0. The van der Waals surface area contributed by atoms with Gasteiger partial charge in [-0.1, -0.05) is 23.7 Å². The van der Waals surface area contributed by atoms with Crippen LogP contribution < -0.4 is 5.32 Å². The predicted octanol–water partition coefficient (Wildman–Crippen LogP) is 2.83. The Hall–Kier alpha value is -2.14. The number of nitrogens with one attached hydrogen (secondary N) is 1. The molecule has 0 radical (unpaired) electrons. The molecular formula is C12H8ClFN2O2. The molecule has 0 saturated heterocycles. The highest BCUT2D eigenvalue weighted by Crippen LogP contribution is 2.23. The number of phenolic OH excluding ortho intramolecular Hbond substituents is 1. The monoisotopic (exact) mass is 266 g/mol. The number of amides is 1. The van der Waals surface area contributed by atoms with Gasteiger partial charge in [0.05, 0.1) is 17.4 Å². The molecule has 0 aliphatic carbocycles. The molecule has 0 saturated carbocycles. The Morgan fingerprint density at radius 2 is 2.11 bits per heavy atom. The van der Waals surface area contributed by atoms with E-state index in [9.17, 15) is 14.3 Å². The van der Waals surface area contributed by atoms with E-state index in [2.05, 4.69) is 10.3 Å². The molecule has 1 amide bonds. The van der Waals surface area contributed by atoms with Crippen LogP contribution in [0.4, 0.5) is 10.1 Å². The van der Waals surface area contributed by atoms with Gasteiger partial charge in [-0.05, 0) is 18.2 Å². The third-order valence-electron chi connectivity index (χ3n) is 2.20. The molecule has 6 heteroatoms. The average molecular weight is 267 g/mol. The predicted molar refractivity (Wildman–Crippen MR) is 65.3 cm³/mol. The van der Waals surface area contributed by atoms with Gasteiger partial charge >= 0.3 is 0 Å². The van der Waals surface area contributed by atoms with Crippen molar-refractivity contribution in [3.05, 3.63) is 53.1 Å². The Bertz CT molecular complexity index is 604. The molecule has 0 unspecified atom stereocenters. The van der Waals surface area contributed by atoms with Crippen LogP contribution in [0.3, 0.4) is 0 Å². The second-order valence-electron chi connectivity index (χ2n) is 3.46. The third-order valence-corrected chi connectivity index (χ3v) is 2.50. The van der Waals surface area contributed by atoms with E-state index < -0.39 is 11.7 Å². The number of benzene rings is 1. The van der Waals surface area contributed by atoms with Crippen LogP contribution in [0.5, 0.6) is 5.75 Å². The van der Waals surface area contributed by atoms with Gasteiger partial charge < -0.3 is 10.4 Å². The molecule has 0 fully saturated rings. The summed E-state index contributed by atoms with van der Waals surface area (Å²) < 4.78 is 13.0. The molecule has 0 spiro atoms. The Balaban J connectivity index is 2.28. The van der Waals surface area contributed by atoms with Crippen molar-refractivity contribution in [3.63, 3.8) is 0 Å². The number of hydrogen-bond acceptors (Lipinski definition) is 3. The van der Waals surface area contributed by atoms with Crippen molar-refractivity contribution in [2.24, 2.45) is 0 Å². The van der Waals surface area contributed by atoms with Gasteiger partial charge in [-0.15, -0.1) is 0 Å². The van der Waals surface area contributed by atoms with Gasteiger partial charge in [-0.25, -0.2) is 9.37 Å². The molecule has 18 heavy (non-hydrogen) atoms. The number of para-hydroxylation sites is 2. The maximum absolute atomic E-state index is 13.0. The van der Waals surface area contributed by atoms with Crippen LogP contribution in [-0.4, -0.2) is 16.0 Å². The molecule has 92 valence electrons. The van der Waals surface area contributed by atoms with Crippen LogP contribution in [0.1, 0.15) is 10.4 Å². The minimum Gasteiger partial charge on any atom is -0.506 e.